The first-order chi connectivity index (χ1) is 13.0. The first kappa shape index (κ1) is 18.7. The van der Waals surface area contributed by atoms with Crippen molar-refractivity contribution in [1.29, 1.82) is 0 Å². The molecular formula is C17H19BrN6OS2. The summed E-state index contributed by atoms with van der Waals surface area (Å²) in [6.07, 6.45) is 6.67. The van der Waals surface area contributed by atoms with Crippen molar-refractivity contribution in [2.75, 3.05) is 18.4 Å². The van der Waals surface area contributed by atoms with Gasteiger partial charge in [-0.2, -0.15) is 0 Å². The van der Waals surface area contributed by atoms with Gasteiger partial charge in [0.1, 0.15) is 11.1 Å². The van der Waals surface area contributed by atoms with Crippen LogP contribution in [0.15, 0.2) is 39.7 Å². The van der Waals surface area contributed by atoms with Gasteiger partial charge in [0, 0.05) is 42.4 Å². The molecule has 7 nitrogen and oxygen atoms in total. The number of imidazole rings is 1. The molecule has 0 amide bonds. The van der Waals surface area contributed by atoms with Gasteiger partial charge in [0.25, 0.3) is 0 Å². The average Bonchev–Trinajstić information content (AvgIpc) is 3.34. The quantitative estimate of drug-likeness (QED) is 0.544. The summed E-state index contributed by atoms with van der Waals surface area (Å²) in [5.41, 5.74) is 0.986. The van der Waals surface area contributed by atoms with Gasteiger partial charge in [0.05, 0.1) is 12.0 Å². The van der Waals surface area contributed by atoms with Crippen molar-refractivity contribution in [1.82, 2.24) is 23.8 Å². The number of nitrogens with one attached hydrogen (secondary N) is 1. The minimum absolute atomic E-state index is 0.107. The molecule has 1 aliphatic heterocycles. The lowest BCUT2D eigenvalue weighted by Gasteiger charge is -2.17. The van der Waals surface area contributed by atoms with E-state index in [0.717, 1.165) is 45.6 Å². The molecule has 3 aromatic rings. The third kappa shape index (κ3) is 4.81. The first-order valence-corrected chi connectivity index (χ1v) is 10.9. The summed E-state index contributed by atoms with van der Waals surface area (Å²) < 4.78 is 11.4. The predicted octanol–water partition coefficient (Wildman–Crippen LogP) is 4.25. The summed E-state index contributed by atoms with van der Waals surface area (Å²) in [7, 11) is 1.98. The molecule has 4 heterocycles. The van der Waals surface area contributed by atoms with Crippen molar-refractivity contribution in [2.45, 2.75) is 24.5 Å². The maximum Gasteiger partial charge on any atom is 0.188 e. The van der Waals surface area contributed by atoms with E-state index >= 15 is 0 Å². The smallest absolute Gasteiger partial charge is 0.188 e. The van der Waals surface area contributed by atoms with Crippen LogP contribution in [0.4, 0.5) is 10.9 Å². The van der Waals surface area contributed by atoms with E-state index in [2.05, 4.69) is 40.5 Å². The van der Waals surface area contributed by atoms with Crippen molar-refractivity contribution in [3.63, 3.8) is 0 Å². The molecule has 1 N–H and O–H groups in total. The average molecular weight is 467 g/mol. The number of halogens is 1. The molecule has 0 bridgehead atoms. The molecule has 1 aliphatic rings. The number of hydrogen-bond donors (Lipinski definition) is 1. The van der Waals surface area contributed by atoms with Crippen LogP contribution in [0.2, 0.25) is 0 Å². The van der Waals surface area contributed by atoms with Crippen LogP contribution in [0.25, 0.3) is 0 Å². The van der Waals surface area contributed by atoms with Crippen LogP contribution in [-0.2, 0) is 7.05 Å². The normalized spacial score (nSPS) is 17.4. The number of hydrogen-bond acceptors (Lipinski definition) is 8. The highest BCUT2D eigenvalue weighted by Gasteiger charge is 2.26. The van der Waals surface area contributed by atoms with Gasteiger partial charge in [0.15, 0.2) is 16.7 Å². The van der Waals surface area contributed by atoms with Crippen LogP contribution in [-0.4, -0.2) is 43.0 Å². The number of aromatic nitrogens is 4. The van der Waals surface area contributed by atoms with E-state index in [9.17, 15) is 0 Å². The molecule has 0 spiro atoms. The van der Waals surface area contributed by atoms with Gasteiger partial charge >= 0.3 is 0 Å². The molecule has 10 heteroatoms. The minimum atomic E-state index is 0.107. The zero-order valence-corrected chi connectivity index (χ0v) is 18.1. The fourth-order valence-corrected chi connectivity index (χ4v) is 4.75. The second-order valence-electron chi connectivity index (χ2n) is 6.30. The van der Waals surface area contributed by atoms with E-state index in [1.807, 2.05) is 42.5 Å². The maximum atomic E-state index is 6.28. The van der Waals surface area contributed by atoms with E-state index in [-0.39, 0.29) is 6.10 Å². The Morgan fingerprint density at radius 3 is 3.04 bits per heavy atom. The van der Waals surface area contributed by atoms with Crippen LogP contribution in [0.5, 0.6) is 5.75 Å². The molecule has 142 valence electrons. The van der Waals surface area contributed by atoms with Crippen LogP contribution < -0.4 is 10.1 Å². The highest BCUT2D eigenvalue weighted by Crippen LogP contribution is 2.33. The fourth-order valence-electron chi connectivity index (χ4n) is 2.74. The largest absolute Gasteiger partial charge is 0.485 e. The first-order valence-electron chi connectivity index (χ1n) is 8.47. The van der Waals surface area contributed by atoms with Gasteiger partial charge in [-0.25, -0.2) is 19.3 Å². The summed E-state index contributed by atoms with van der Waals surface area (Å²) in [4.78, 5) is 13.3. The second-order valence-corrected chi connectivity index (χ2v) is 9.20. The lowest BCUT2D eigenvalue weighted by atomic mass is 10.3. The van der Waals surface area contributed by atoms with Gasteiger partial charge in [0.2, 0.25) is 0 Å². The third-order valence-corrected chi connectivity index (χ3v) is 6.27. The Balaban J connectivity index is 1.42. The summed E-state index contributed by atoms with van der Waals surface area (Å²) in [6.45, 7) is 3.77. The van der Waals surface area contributed by atoms with Crippen LogP contribution in [0, 0.1) is 6.92 Å². The molecule has 0 saturated carbocycles. The van der Waals surface area contributed by atoms with Gasteiger partial charge in [-0.3, -0.25) is 0 Å². The van der Waals surface area contributed by atoms with Crippen molar-refractivity contribution in [2.24, 2.45) is 7.05 Å². The fraction of sp³-hybridized carbons (Fsp3) is 0.353. The van der Waals surface area contributed by atoms with Crippen molar-refractivity contribution in [3.05, 3.63) is 40.3 Å². The molecule has 1 saturated heterocycles. The summed E-state index contributed by atoms with van der Waals surface area (Å²) in [5.74, 6) is 1.41. The van der Waals surface area contributed by atoms with Crippen LogP contribution in [0.1, 0.15) is 12.1 Å². The van der Waals surface area contributed by atoms with E-state index in [1.165, 1.54) is 0 Å². The topological polar surface area (TPSA) is 68.1 Å². The number of rotatable bonds is 6. The molecule has 3 aromatic heterocycles. The highest BCUT2D eigenvalue weighted by molar-refractivity contribution is 9.10. The van der Waals surface area contributed by atoms with E-state index in [4.69, 9.17) is 4.74 Å². The van der Waals surface area contributed by atoms with Gasteiger partial charge < -0.3 is 14.6 Å². The van der Waals surface area contributed by atoms with Crippen molar-refractivity contribution >= 4 is 50.2 Å². The predicted molar refractivity (Wildman–Crippen MR) is 112 cm³/mol. The number of pyridine rings is 1. The van der Waals surface area contributed by atoms with Crippen LogP contribution >= 0.6 is 39.2 Å². The molecule has 27 heavy (non-hydrogen) atoms. The van der Waals surface area contributed by atoms with Gasteiger partial charge in [-0.05, 0) is 47.3 Å². The lowest BCUT2D eigenvalue weighted by molar-refractivity contribution is 0.217. The van der Waals surface area contributed by atoms with E-state index in [0.29, 0.717) is 5.82 Å². The molecule has 0 radical (unpaired) electrons. The van der Waals surface area contributed by atoms with Gasteiger partial charge in [-0.15, -0.1) is 11.3 Å². The Kier molecular flexibility index (Phi) is 5.67. The number of nitrogens with zero attached hydrogens (tertiary/aromatic N) is 5. The molecule has 1 fully saturated rings. The summed E-state index contributed by atoms with van der Waals surface area (Å²) >= 11 is 6.71. The zero-order chi connectivity index (χ0) is 18.8. The molecule has 0 aliphatic carbocycles. The minimum Gasteiger partial charge on any atom is -0.485 e. The van der Waals surface area contributed by atoms with E-state index < -0.39 is 0 Å². The zero-order valence-electron chi connectivity index (χ0n) is 14.9. The Labute approximate surface area is 174 Å². The number of anilines is 2. The van der Waals surface area contributed by atoms with Crippen molar-refractivity contribution < 1.29 is 4.74 Å². The Morgan fingerprint density at radius 2 is 2.30 bits per heavy atom. The monoisotopic (exact) mass is 466 g/mol. The van der Waals surface area contributed by atoms with Crippen molar-refractivity contribution in [3.8, 4) is 5.75 Å². The van der Waals surface area contributed by atoms with Gasteiger partial charge in [-0.1, -0.05) is 0 Å². The Hall–Kier alpha value is -1.62. The molecule has 1 unspecified atom stereocenters. The maximum absolute atomic E-state index is 6.28. The molecule has 0 aromatic carbocycles. The SMILES string of the molecule is Cc1csc(Nc2ncc(Br)cc2OC2CCN(Sc3cn(C)cn3)C2)n1. The second kappa shape index (κ2) is 8.17. The molecular weight excluding hydrogens is 448 g/mol. The molecule has 1 atom stereocenters. The van der Waals surface area contributed by atoms with Crippen LogP contribution in [0.3, 0.4) is 0 Å². The number of thiazole rings is 1. The lowest BCUT2D eigenvalue weighted by Crippen LogP contribution is -2.21. The summed E-state index contributed by atoms with van der Waals surface area (Å²) in [6, 6.07) is 1.95. The molecule has 4 rings (SSSR count). The van der Waals surface area contributed by atoms with E-state index in [1.54, 1.807) is 29.5 Å². The number of aryl methyl sites for hydroxylation is 2. The summed E-state index contributed by atoms with van der Waals surface area (Å²) in [5, 5.41) is 7.09. The Bertz CT molecular complexity index is 930. The highest BCUT2D eigenvalue weighted by atomic mass is 79.9. The standard InChI is InChI=1S/C17H19BrN6OS2/c1-11-9-26-17(21-11)22-16-14(5-12(18)6-19-16)25-13-3-4-24(7-13)27-15-8-23(2)10-20-15/h5-6,8-10,13H,3-4,7H2,1-2H3,(H,19,21,22). The number of ether oxygens (including phenoxy) is 1. The Morgan fingerprint density at radius 1 is 1.41 bits per heavy atom. The third-order valence-electron chi connectivity index (χ3n) is 3.97.